The van der Waals surface area contributed by atoms with Crippen LogP contribution in [-0.4, -0.2) is 37.2 Å². The van der Waals surface area contributed by atoms with Gasteiger partial charge >= 0.3 is 0 Å². The van der Waals surface area contributed by atoms with E-state index in [2.05, 4.69) is 5.32 Å². The fraction of sp³-hybridized carbons (Fsp3) is 0.400. The molecule has 2 rings (SSSR count). The van der Waals surface area contributed by atoms with E-state index in [4.69, 9.17) is 5.73 Å². The van der Waals surface area contributed by atoms with E-state index in [0.717, 1.165) is 0 Å². The lowest BCUT2D eigenvalue weighted by Crippen LogP contribution is -2.32. The summed E-state index contributed by atoms with van der Waals surface area (Å²) in [6.07, 6.45) is -0.871. The van der Waals surface area contributed by atoms with Gasteiger partial charge in [-0.05, 0) is 12.1 Å². The average molecular weight is 242 g/mol. The summed E-state index contributed by atoms with van der Waals surface area (Å²) in [7, 11) is -3.13. The summed E-state index contributed by atoms with van der Waals surface area (Å²) in [5.41, 5.74) is 6.92. The van der Waals surface area contributed by atoms with E-state index in [1.54, 1.807) is 24.3 Å². The first-order chi connectivity index (χ1) is 7.48. The van der Waals surface area contributed by atoms with Crippen LogP contribution in [0.1, 0.15) is 0 Å². The van der Waals surface area contributed by atoms with Gasteiger partial charge in [0.1, 0.15) is 0 Å². The van der Waals surface area contributed by atoms with Crippen molar-refractivity contribution >= 4 is 21.2 Å². The number of sulfone groups is 1. The molecule has 1 aromatic carbocycles. The first kappa shape index (κ1) is 11.2. The highest BCUT2D eigenvalue weighted by atomic mass is 32.2. The summed E-state index contributed by atoms with van der Waals surface area (Å²) in [4.78, 5) is 0. The molecule has 5 nitrogen and oxygen atoms in total. The van der Waals surface area contributed by atoms with E-state index in [1.807, 2.05) is 0 Å². The number of aliphatic hydroxyl groups excluding tert-OH is 1. The first-order valence-electron chi connectivity index (χ1n) is 4.97. The van der Waals surface area contributed by atoms with Gasteiger partial charge in [-0.15, -0.1) is 0 Å². The number of hydrogen-bond donors (Lipinski definition) is 3. The number of nitrogens with one attached hydrogen (secondary N) is 1. The van der Waals surface area contributed by atoms with E-state index in [9.17, 15) is 13.5 Å². The minimum atomic E-state index is -3.13. The second-order valence-electron chi connectivity index (χ2n) is 3.98. The topological polar surface area (TPSA) is 92.4 Å². The van der Waals surface area contributed by atoms with Crippen LogP contribution in [0.3, 0.4) is 0 Å². The maximum atomic E-state index is 11.3. The van der Waals surface area contributed by atoms with Crippen LogP contribution in [0.2, 0.25) is 0 Å². The summed E-state index contributed by atoms with van der Waals surface area (Å²) in [6.45, 7) is 0. The fourth-order valence-corrected chi connectivity index (χ4v) is 3.54. The number of hydrogen-bond acceptors (Lipinski definition) is 5. The zero-order valence-electron chi connectivity index (χ0n) is 8.63. The van der Waals surface area contributed by atoms with Crippen LogP contribution in [0.15, 0.2) is 24.3 Å². The molecule has 0 saturated carbocycles. The molecule has 88 valence electrons. The third kappa shape index (κ3) is 2.28. The van der Waals surface area contributed by atoms with Crippen molar-refractivity contribution in [2.24, 2.45) is 0 Å². The molecule has 1 fully saturated rings. The van der Waals surface area contributed by atoms with Gasteiger partial charge in [0.05, 0.1) is 35.0 Å². The molecule has 1 saturated heterocycles. The lowest BCUT2D eigenvalue weighted by molar-refractivity contribution is 0.190. The molecule has 0 radical (unpaired) electrons. The van der Waals surface area contributed by atoms with Crippen molar-refractivity contribution in [1.82, 2.24) is 0 Å². The summed E-state index contributed by atoms with van der Waals surface area (Å²) in [5, 5.41) is 12.6. The van der Waals surface area contributed by atoms with Crippen molar-refractivity contribution < 1.29 is 13.5 Å². The Morgan fingerprint density at radius 1 is 1.31 bits per heavy atom. The van der Waals surface area contributed by atoms with Gasteiger partial charge in [-0.25, -0.2) is 8.42 Å². The number of anilines is 2. The lowest BCUT2D eigenvalue weighted by atomic mass is 10.2. The highest BCUT2D eigenvalue weighted by molar-refractivity contribution is 7.91. The molecule has 0 aliphatic carbocycles. The van der Waals surface area contributed by atoms with E-state index in [0.29, 0.717) is 11.4 Å². The molecule has 0 spiro atoms. The second kappa shape index (κ2) is 3.95. The highest BCUT2D eigenvalue weighted by Gasteiger charge is 2.36. The number of rotatable bonds is 2. The van der Waals surface area contributed by atoms with Crippen LogP contribution >= 0.6 is 0 Å². The number of para-hydroxylation sites is 2. The molecule has 4 N–H and O–H groups in total. The molecule has 2 unspecified atom stereocenters. The first-order valence-corrected chi connectivity index (χ1v) is 6.79. The predicted molar refractivity (Wildman–Crippen MR) is 62.9 cm³/mol. The van der Waals surface area contributed by atoms with Crippen LogP contribution in [0.4, 0.5) is 11.4 Å². The summed E-state index contributed by atoms with van der Waals surface area (Å²) in [5.74, 6) is -0.236. The Morgan fingerprint density at radius 2 is 2.00 bits per heavy atom. The van der Waals surface area contributed by atoms with E-state index in [1.165, 1.54) is 0 Å². The van der Waals surface area contributed by atoms with E-state index < -0.39 is 22.0 Å². The number of nitrogens with two attached hydrogens (primary N) is 1. The largest absolute Gasteiger partial charge is 0.397 e. The van der Waals surface area contributed by atoms with Crippen molar-refractivity contribution in [2.45, 2.75) is 12.1 Å². The molecule has 0 amide bonds. The Labute approximate surface area is 94.2 Å². The Morgan fingerprint density at radius 3 is 2.56 bits per heavy atom. The Hall–Kier alpha value is -1.27. The van der Waals surface area contributed by atoms with Gasteiger partial charge in [0.15, 0.2) is 9.84 Å². The third-order valence-electron chi connectivity index (χ3n) is 2.62. The molecule has 16 heavy (non-hydrogen) atoms. The highest BCUT2D eigenvalue weighted by Crippen LogP contribution is 2.22. The maximum Gasteiger partial charge on any atom is 0.155 e. The third-order valence-corrected chi connectivity index (χ3v) is 4.34. The van der Waals surface area contributed by atoms with Gasteiger partial charge in [-0.3, -0.25) is 0 Å². The summed E-state index contributed by atoms with van der Waals surface area (Å²) < 4.78 is 22.6. The zero-order valence-corrected chi connectivity index (χ0v) is 9.44. The summed E-state index contributed by atoms with van der Waals surface area (Å²) in [6, 6.07) is 6.59. The van der Waals surface area contributed by atoms with Gasteiger partial charge in [0.25, 0.3) is 0 Å². The minimum Gasteiger partial charge on any atom is -0.397 e. The van der Waals surface area contributed by atoms with Crippen LogP contribution in [0.5, 0.6) is 0 Å². The van der Waals surface area contributed by atoms with E-state index in [-0.39, 0.29) is 11.5 Å². The molecule has 0 bridgehead atoms. The quantitative estimate of drug-likeness (QED) is 0.627. The molecule has 1 aliphatic rings. The fourth-order valence-electron chi connectivity index (χ4n) is 1.80. The summed E-state index contributed by atoms with van der Waals surface area (Å²) >= 11 is 0. The molecule has 2 atom stereocenters. The second-order valence-corrected chi connectivity index (χ2v) is 6.14. The van der Waals surface area contributed by atoms with Crippen molar-refractivity contribution in [1.29, 1.82) is 0 Å². The molecule has 0 aromatic heterocycles. The molecule has 6 heteroatoms. The van der Waals surface area contributed by atoms with Crippen molar-refractivity contribution in [3.8, 4) is 0 Å². The Bertz CT molecular complexity index is 487. The lowest BCUT2D eigenvalue weighted by Gasteiger charge is -2.17. The Kier molecular flexibility index (Phi) is 2.77. The molecule has 1 aliphatic heterocycles. The monoisotopic (exact) mass is 242 g/mol. The van der Waals surface area contributed by atoms with Crippen LogP contribution in [-0.2, 0) is 9.84 Å². The SMILES string of the molecule is Nc1ccccc1NC1CS(=O)(=O)CC1O. The van der Waals surface area contributed by atoms with Crippen LogP contribution < -0.4 is 11.1 Å². The van der Waals surface area contributed by atoms with Crippen LogP contribution in [0, 0.1) is 0 Å². The van der Waals surface area contributed by atoms with Crippen molar-refractivity contribution in [3.05, 3.63) is 24.3 Å². The smallest absolute Gasteiger partial charge is 0.155 e. The predicted octanol–water partition coefficient (Wildman–Crippen LogP) is -0.161. The standard InChI is InChI=1S/C10H14N2O3S/c11-7-3-1-2-4-8(7)12-9-5-16(14,15)6-10(9)13/h1-4,9-10,12-13H,5-6,11H2. The maximum absolute atomic E-state index is 11.3. The van der Waals surface area contributed by atoms with Crippen molar-refractivity contribution in [2.75, 3.05) is 22.6 Å². The normalized spacial score (nSPS) is 27.8. The molecular formula is C10H14N2O3S. The molecular weight excluding hydrogens is 228 g/mol. The Balaban J connectivity index is 2.15. The molecule has 1 heterocycles. The number of aliphatic hydroxyl groups is 1. The number of benzene rings is 1. The molecule has 1 aromatic rings. The van der Waals surface area contributed by atoms with Gasteiger partial charge in [0, 0.05) is 0 Å². The van der Waals surface area contributed by atoms with Crippen LogP contribution in [0.25, 0.3) is 0 Å². The minimum absolute atomic E-state index is 0.0531. The van der Waals surface area contributed by atoms with E-state index >= 15 is 0 Å². The van der Waals surface area contributed by atoms with Gasteiger partial charge in [-0.2, -0.15) is 0 Å². The van der Waals surface area contributed by atoms with Gasteiger partial charge in [-0.1, -0.05) is 12.1 Å². The van der Waals surface area contributed by atoms with Gasteiger partial charge < -0.3 is 16.2 Å². The van der Waals surface area contributed by atoms with Crippen molar-refractivity contribution in [3.63, 3.8) is 0 Å². The zero-order chi connectivity index (χ0) is 11.8. The number of nitrogen functional groups attached to an aromatic ring is 1. The van der Waals surface area contributed by atoms with Gasteiger partial charge in [0.2, 0.25) is 0 Å². The average Bonchev–Trinajstić information content (AvgIpc) is 2.44.